The molecule has 0 aliphatic carbocycles. The highest BCUT2D eigenvalue weighted by molar-refractivity contribution is 7.98. The number of alkyl halides is 1. The highest BCUT2D eigenvalue weighted by Gasteiger charge is 2.12. The third-order valence-electron chi connectivity index (χ3n) is 2.72. The van der Waals surface area contributed by atoms with Crippen molar-refractivity contribution in [2.45, 2.75) is 18.8 Å². The van der Waals surface area contributed by atoms with Crippen LogP contribution in [0.25, 0.3) is 11.0 Å². The van der Waals surface area contributed by atoms with Crippen LogP contribution >= 0.6 is 35.0 Å². The zero-order chi connectivity index (χ0) is 13.1. The van der Waals surface area contributed by atoms with Crippen LogP contribution in [0.15, 0.2) is 12.1 Å². The molecule has 0 amide bonds. The maximum atomic E-state index is 13.5. The Morgan fingerprint density at radius 3 is 2.89 bits per heavy atom. The van der Waals surface area contributed by atoms with Crippen LogP contribution in [0.2, 0.25) is 5.02 Å². The number of fused-ring (bicyclic) bond motifs is 1. The summed E-state index contributed by atoms with van der Waals surface area (Å²) in [6.45, 7) is 0.792. The number of halogens is 3. The molecule has 98 valence electrons. The second-order valence-electron chi connectivity index (χ2n) is 3.91. The minimum absolute atomic E-state index is 0.0948. The van der Waals surface area contributed by atoms with Gasteiger partial charge in [-0.1, -0.05) is 11.6 Å². The summed E-state index contributed by atoms with van der Waals surface area (Å²) < 4.78 is 15.5. The fraction of sp³-hybridized carbons (Fsp3) is 0.417. The summed E-state index contributed by atoms with van der Waals surface area (Å²) in [5.74, 6) is 1.70. The monoisotopic (exact) mass is 306 g/mol. The summed E-state index contributed by atoms with van der Waals surface area (Å²) in [4.78, 5) is 4.38. The van der Waals surface area contributed by atoms with Gasteiger partial charge in [0.15, 0.2) is 0 Å². The Morgan fingerprint density at radius 2 is 2.22 bits per heavy atom. The number of nitrogens with zero attached hydrogens (tertiary/aromatic N) is 2. The Hall–Kier alpha value is -0.450. The van der Waals surface area contributed by atoms with Gasteiger partial charge in [0.25, 0.3) is 0 Å². The van der Waals surface area contributed by atoms with Crippen molar-refractivity contribution in [2.75, 3.05) is 12.0 Å². The zero-order valence-electron chi connectivity index (χ0n) is 9.92. The van der Waals surface area contributed by atoms with E-state index >= 15 is 0 Å². The van der Waals surface area contributed by atoms with Crippen LogP contribution in [-0.2, 0) is 12.4 Å². The Labute approximate surface area is 119 Å². The zero-order valence-corrected chi connectivity index (χ0v) is 12.2. The largest absolute Gasteiger partial charge is 0.327 e. The topological polar surface area (TPSA) is 17.8 Å². The Kier molecular flexibility index (Phi) is 4.76. The lowest BCUT2D eigenvalue weighted by Gasteiger charge is -2.07. The number of imidazole rings is 1. The van der Waals surface area contributed by atoms with E-state index in [1.165, 1.54) is 6.07 Å². The average Bonchev–Trinajstić information content (AvgIpc) is 2.68. The van der Waals surface area contributed by atoms with Crippen LogP contribution in [-0.4, -0.2) is 21.6 Å². The van der Waals surface area contributed by atoms with Crippen molar-refractivity contribution < 1.29 is 4.39 Å². The average molecular weight is 307 g/mol. The number of thioether (sulfide) groups is 1. The van der Waals surface area contributed by atoms with Crippen molar-refractivity contribution >= 4 is 46.0 Å². The molecule has 0 N–H and O–H groups in total. The van der Waals surface area contributed by atoms with Crippen LogP contribution in [0, 0.1) is 5.82 Å². The van der Waals surface area contributed by atoms with Crippen molar-refractivity contribution in [2.24, 2.45) is 0 Å². The molecule has 1 heterocycles. The van der Waals surface area contributed by atoms with E-state index in [1.807, 2.05) is 4.57 Å². The molecule has 0 spiro atoms. The summed E-state index contributed by atoms with van der Waals surface area (Å²) >= 11 is 13.4. The molecule has 6 heteroatoms. The normalized spacial score (nSPS) is 11.3. The van der Waals surface area contributed by atoms with E-state index in [-0.39, 0.29) is 5.02 Å². The molecule has 18 heavy (non-hydrogen) atoms. The van der Waals surface area contributed by atoms with E-state index in [4.69, 9.17) is 23.2 Å². The summed E-state index contributed by atoms with van der Waals surface area (Å²) in [5.41, 5.74) is 1.45. The van der Waals surface area contributed by atoms with Gasteiger partial charge in [0.05, 0.1) is 21.9 Å². The van der Waals surface area contributed by atoms with Gasteiger partial charge in [-0.3, -0.25) is 0 Å². The molecule has 0 radical (unpaired) electrons. The van der Waals surface area contributed by atoms with E-state index in [0.717, 1.165) is 30.1 Å². The molecule has 0 unspecified atom stereocenters. The van der Waals surface area contributed by atoms with Gasteiger partial charge in [-0.25, -0.2) is 9.37 Å². The molecule has 0 aliphatic rings. The van der Waals surface area contributed by atoms with Gasteiger partial charge in [-0.15, -0.1) is 11.6 Å². The molecule has 2 nitrogen and oxygen atoms in total. The summed E-state index contributed by atoms with van der Waals surface area (Å²) in [6, 6.07) is 2.98. The molecule has 0 saturated heterocycles. The number of aromatic nitrogens is 2. The third kappa shape index (κ3) is 2.76. The standard InChI is InChI=1S/C12H13Cl2FN2S/c1-18-4-2-3-17-11-6-9(15)8(14)5-10(11)16-12(17)7-13/h5-6H,2-4,7H2,1H3. The molecule has 1 aromatic heterocycles. The van der Waals surface area contributed by atoms with Crippen molar-refractivity contribution in [3.8, 4) is 0 Å². The summed E-state index contributed by atoms with van der Waals surface area (Å²) in [7, 11) is 0. The van der Waals surface area contributed by atoms with Crippen LogP contribution in [0.1, 0.15) is 12.2 Å². The van der Waals surface area contributed by atoms with Crippen LogP contribution in [0.3, 0.4) is 0 Å². The van der Waals surface area contributed by atoms with Gasteiger partial charge < -0.3 is 4.57 Å². The number of hydrogen-bond donors (Lipinski definition) is 0. The Morgan fingerprint density at radius 1 is 1.44 bits per heavy atom. The first-order chi connectivity index (χ1) is 8.67. The SMILES string of the molecule is CSCCCn1c(CCl)nc2cc(Cl)c(F)cc21. The molecule has 0 saturated carbocycles. The first kappa shape index (κ1) is 14.0. The fourth-order valence-electron chi connectivity index (χ4n) is 1.89. The molecule has 0 bridgehead atoms. The van der Waals surface area contributed by atoms with Crippen LogP contribution in [0.5, 0.6) is 0 Å². The number of rotatable bonds is 5. The van der Waals surface area contributed by atoms with Crippen molar-refractivity contribution in [1.29, 1.82) is 0 Å². The lowest BCUT2D eigenvalue weighted by Crippen LogP contribution is -2.03. The molecule has 0 fully saturated rings. The second kappa shape index (κ2) is 6.13. The van der Waals surface area contributed by atoms with Crippen LogP contribution < -0.4 is 0 Å². The first-order valence-corrected chi connectivity index (χ1v) is 7.87. The van der Waals surface area contributed by atoms with Gasteiger partial charge in [0.1, 0.15) is 11.6 Å². The highest BCUT2D eigenvalue weighted by atomic mass is 35.5. The maximum absolute atomic E-state index is 13.5. The molecule has 2 aromatic rings. The van der Waals surface area contributed by atoms with E-state index in [0.29, 0.717) is 11.4 Å². The summed E-state index contributed by atoms with van der Waals surface area (Å²) in [5, 5.41) is 0.0948. The van der Waals surface area contributed by atoms with E-state index < -0.39 is 5.82 Å². The predicted octanol–water partition coefficient (Wildman–Crippen LogP) is 4.32. The quantitative estimate of drug-likeness (QED) is 0.605. The van der Waals surface area contributed by atoms with E-state index in [9.17, 15) is 4.39 Å². The van der Waals surface area contributed by atoms with Crippen molar-refractivity contribution in [3.05, 3.63) is 28.8 Å². The summed E-state index contributed by atoms with van der Waals surface area (Å²) in [6.07, 6.45) is 3.06. The second-order valence-corrected chi connectivity index (χ2v) is 5.57. The predicted molar refractivity (Wildman–Crippen MR) is 77.3 cm³/mol. The molecule has 0 aliphatic heterocycles. The lowest BCUT2D eigenvalue weighted by molar-refractivity contribution is 0.626. The van der Waals surface area contributed by atoms with Gasteiger partial charge in [-0.2, -0.15) is 11.8 Å². The van der Waals surface area contributed by atoms with Gasteiger partial charge in [-0.05, 0) is 24.5 Å². The maximum Gasteiger partial charge on any atom is 0.144 e. The van der Waals surface area contributed by atoms with Crippen LogP contribution in [0.4, 0.5) is 4.39 Å². The highest BCUT2D eigenvalue weighted by Crippen LogP contribution is 2.24. The van der Waals surface area contributed by atoms with E-state index in [1.54, 1.807) is 17.8 Å². The Bertz CT molecular complexity index is 556. The molecule has 2 rings (SSSR count). The van der Waals surface area contributed by atoms with Crippen molar-refractivity contribution in [3.63, 3.8) is 0 Å². The third-order valence-corrected chi connectivity index (χ3v) is 3.94. The number of aryl methyl sites for hydroxylation is 1. The lowest BCUT2D eigenvalue weighted by atomic mass is 10.3. The minimum atomic E-state index is -0.420. The molecule has 0 atom stereocenters. The van der Waals surface area contributed by atoms with Crippen molar-refractivity contribution in [1.82, 2.24) is 9.55 Å². The smallest absolute Gasteiger partial charge is 0.144 e. The van der Waals surface area contributed by atoms with E-state index in [2.05, 4.69) is 11.2 Å². The van der Waals surface area contributed by atoms with Gasteiger partial charge in [0.2, 0.25) is 0 Å². The first-order valence-electron chi connectivity index (χ1n) is 5.56. The number of benzene rings is 1. The fourth-order valence-corrected chi connectivity index (χ4v) is 2.67. The number of hydrogen-bond acceptors (Lipinski definition) is 2. The van der Waals surface area contributed by atoms with Gasteiger partial charge in [0, 0.05) is 12.6 Å². The molecular weight excluding hydrogens is 294 g/mol. The van der Waals surface area contributed by atoms with Gasteiger partial charge >= 0.3 is 0 Å². The minimum Gasteiger partial charge on any atom is -0.327 e. The molecular formula is C12H13Cl2FN2S. The Balaban J connectivity index is 2.44. The molecule has 1 aromatic carbocycles.